The highest BCUT2D eigenvalue weighted by atomic mass is 35.5. The van der Waals surface area contributed by atoms with Crippen molar-refractivity contribution in [2.24, 2.45) is 16.7 Å². The Morgan fingerprint density at radius 3 is 2.17 bits per heavy atom. The molecule has 1 aromatic heterocycles. The van der Waals surface area contributed by atoms with Gasteiger partial charge in [-0.1, -0.05) is 56.5 Å². The number of carbonyl (C=O) groups excluding carboxylic acids is 3. The quantitative estimate of drug-likeness (QED) is 0.148. The summed E-state index contributed by atoms with van der Waals surface area (Å²) in [5, 5.41) is 39.7. The van der Waals surface area contributed by atoms with Gasteiger partial charge in [0.15, 0.2) is 5.82 Å². The van der Waals surface area contributed by atoms with Crippen LogP contribution < -0.4 is 20.9 Å². The Bertz CT molecular complexity index is 2430. The number of likely N-dealkylation sites (tertiary alicyclic amines) is 3. The van der Waals surface area contributed by atoms with Gasteiger partial charge in [0.05, 0.1) is 17.5 Å². The van der Waals surface area contributed by atoms with Crippen molar-refractivity contribution in [1.82, 2.24) is 40.4 Å². The maximum Gasteiger partial charge on any atom is 0.246 e. The molecule has 2 aliphatic carbocycles. The van der Waals surface area contributed by atoms with Crippen molar-refractivity contribution in [3.05, 3.63) is 64.7 Å². The summed E-state index contributed by atoms with van der Waals surface area (Å²) < 4.78 is 0. The third kappa shape index (κ3) is 10.5. The minimum atomic E-state index is -0.870. The SMILES string of the molecule is C#Cc1ccc(CNC(=O)[C@@H]2C[C@@H](O)CN2C(=O)[C@@H](NC(=O)C2CC3(C2)CC(N2CCC(N4CCC(N5CCN(c6cc(-c7ccccc7O)nnc6NC)[C@@H](C)C5)CC4)CC2)C3)C(C)(C)C)c(Cl)c1. The van der Waals surface area contributed by atoms with Gasteiger partial charge in [0.1, 0.15) is 17.8 Å². The number of amides is 3. The van der Waals surface area contributed by atoms with Gasteiger partial charge in [0, 0.05) is 92.4 Å². The lowest BCUT2D eigenvalue weighted by Crippen LogP contribution is -2.62. The molecule has 9 rings (SSSR count). The summed E-state index contributed by atoms with van der Waals surface area (Å²) in [6, 6.07) is 14.9. The van der Waals surface area contributed by atoms with E-state index in [-0.39, 0.29) is 54.3 Å². The van der Waals surface area contributed by atoms with E-state index in [0.29, 0.717) is 51.6 Å². The van der Waals surface area contributed by atoms with Gasteiger partial charge in [0.25, 0.3) is 0 Å². The van der Waals surface area contributed by atoms with Gasteiger partial charge < -0.3 is 45.8 Å². The number of benzene rings is 2. The molecule has 5 N–H and O–H groups in total. The third-order valence-corrected chi connectivity index (χ3v) is 17.1. The number of β-amino-alcohol motifs (C(OH)–C–C–N with tert-alkyl or cyclic N) is 1. The van der Waals surface area contributed by atoms with E-state index >= 15 is 0 Å². The van der Waals surface area contributed by atoms with Crippen LogP contribution in [0.3, 0.4) is 0 Å². The van der Waals surface area contributed by atoms with E-state index in [2.05, 4.69) is 64.7 Å². The van der Waals surface area contributed by atoms with E-state index in [1.165, 1.54) is 30.6 Å². The second-order valence-electron chi connectivity index (χ2n) is 22.3. The summed E-state index contributed by atoms with van der Waals surface area (Å²) >= 11 is 6.39. The number of anilines is 2. The van der Waals surface area contributed by atoms with E-state index in [4.69, 9.17) is 18.0 Å². The van der Waals surface area contributed by atoms with Crippen LogP contribution in [0.4, 0.5) is 11.5 Å². The Balaban J connectivity index is 0.696. The molecule has 16 heteroatoms. The van der Waals surface area contributed by atoms with Gasteiger partial charge in [-0.15, -0.1) is 16.6 Å². The van der Waals surface area contributed by atoms with Crippen molar-refractivity contribution in [1.29, 1.82) is 0 Å². The number of piperidine rings is 2. The lowest BCUT2D eigenvalue weighted by atomic mass is 9.49. The molecule has 4 saturated heterocycles. The first-order valence-electron chi connectivity index (χ1n) is 25.7. The number of hydrogen-bond donors (Lipinski definition) is 5. The number of nitrogens with one attached hydrogen (secondary N) is 3. The van der Waals surface area contributed by atoms with Crippen molar-refractivity contribution in [2.45, 2.75) is 134 Å². The molecule has 70 heavy (non-hydrogen) atoms. The number of phenols is 1. The average Bonchev–Trinajstić information content (AvgIpc) is 3.73. The molecule has 3 aromatic rings. The highest BCUT2D eigenvalue weighted by molar-refractivity contribution is 6.31. The topological polar surface area (TPSA) is 170 Å². The largest absolute Gasteiger partial charge is 0.507 e. The number of halogens is 1. The minimum Gasteiger partial charge on any atom is -0.507 e. The fourth-order valence-corrected chi connectivity index (χ4v) is 12.9. The van der Waals surface area contributed by atoms with Gasteiger partial charge >= 0.3 is 0 Å². The number of aliphatic hydroxyl groups is 1. The first-order valence-corrected chi connectivity index (χ1v) is 26.0. The van der Waals surface area contributed by atoms with Gasteiger partial charge in [-0.05, 0) is 131 Å². The molecular weight excluding hydrogens is 904 g/mol. The van der Waals surface area contributed by atoms with E-state index in [0.717, 1.165) is 83.0 Å². The summed E-state index contributed by atoms with van der Waals surface area (Å²) in [4.78, 5) is 53.6. The highest BCUT2D eigenvalue weighted by Gasteiger charge is 2.57. The molecule has 2 aromatic carbocycles. The van der Waals surface area contributed by atoms with Crippen LogP contribution in [0.25, 0.3) is 11.3 Å². The second kappa shape index (κ2) is 20.6. The molecule has 4 atom stereocenters. The van der Waals surface area contributed by atoms with E-state index in [1.54, 1.807) is 24.3 Å². The predicted octanol–water partition coefficient (Wildman–Crippen LogP) is 5.33. The molecule has 2 saturated carbocycles. The first-order chi connectivity index (χ1) is 33.5. The normalized spacial score (nSPS) is 27.6. The fraction of sp³-hybridized carbons (Fsp3) is 0.611. The molecular formula is C54H73ClN10O5. The van der Waals surface area contributed by atoms with Crippen molar-refractivity contribution < 1.29 is 24.6 Å². The van der Waals surface area contributed by atoms with Crippen LogP contribution in [-0.4, -0.2) is 159 Å². The molecule has 4 aliphatic heterocycles. The van der Waals surface area contributed by atoms with Crippen LogP contribution in [0.5, 0.6) is 5.75 Å². The van der Waals surface area contributed by atoms with Crippen LogP contribution in [0.15, 0.2) is 48.5 Å². The van der Waals surface area contributed by atoms with Crippen molar-refractivity contribution in [3.8, 4) is 29.4 Å². The maximum atomic E-state index is 14.2. The second-order valence-corrected chi connectivity index (χ2v) is 22.7. The molecule has 3 amide bonds. The Hall–Kier alpha value is -4.98. The molecule has 376 valence electrons. The average molecular weight is 978 g/mol. The van der Waals surface area contributed by atoms with Gasteiger partial charge in [-0.3, -0.25) is 19.3 Å². The van der Waals surface area contributed by atoms with Crippen molar-refractivity contribution in [3.63, 3.8) is 0 Å². The van der Waals surface area contributed by atoms with Gasteiger partial charge in [0.2, 0.25) is 17.7 Å². The lowest BCUT2D eigenvalue weighted by molar-refractivity contribution is -0.150. The summed E-state index contributed by atoms with van der Waals surface area (Å²) in [5.41, 5.74) is 3.30. The third-order valence-electron chi connectivity index (χ3n) is 16.7. The molecule has 6 aliphatic rings. The molecule has 15 nitrogen and oxygen atoms in total. The lowest BCUT2D eigenvalue weighted by Gasteiger charge is -2.60. The number of aliphatic hydroxyl groups excluding tert-OH is 1. The number of hydrogen-bond acceptors (Lipinski definition) is 12. The standard InChI is InChI=1S/C54H73ClN10O5/c1-7-35-12-13-36(43(55)24-35)31-57-51(69)46-25-41(66)33-65(46)52(70)48(53(3,4)5)58-50(68)37-27-54(28-37)29-40(30-54)62-20-14-38(15-21-62)61-18-16-39(17-19-61)63-22-23-64(34(2)32-63)45-26-44(59-60-49(45)56-6)42-10-8-9-11-47(42)67/h1,8-13,24,26,34,37-41,46,48,66-67H,14-23,25,27-33H2,2-6H3,(H,56,60)(H,57,69)(H,58,68)/t34-,37?,40?,41+,46-,48+,54?/m0/s1. The molecule has 5 heterocycles. The van der Waals surface area contributed by atoms with Crippen molar-refractivity contribution >= 4 is 40.8 Å². The molecule has 0 bridgehead atoms. The number of nitrogens with zero attached hydrogens (tertiary/aromatic N) is 7. The monoisotopic (exact) mass is 977 g/mol. The van der Waals surface area contributed by atoms with Gasteiger partial charge in [-0.25, -0.2) is 0 Å². The molecule has 6 fully saturated rings. The number of terminal acetylenes is 1. The zero-order valence-corrected chi connectivity index (χ0v) is 42.4. The molecule has 0 unspecified atom stereocenters. The summed E-state index contributed by atoms with van der Waals surface area (Å²) in [7, 11) is 1.88. The molecule has 1 spiro atoms. The molecule has 0 radical (unpaired) electrons. The Labute approximate surface area is 419 Å². The number of piperazine rings is 1. The summed E-state index contributed by atoms with van der Waals surface area (Å²) in [5.74, 6) is 2.53. The number of rotatable bonds is 12. The number of aromatic hydroxyl groups is 1. The van der Waals surface area contributed by atoms with E-state index in [9.17, 15) is 24.6 Å². The fourth-order valence-electron chi connectivity index (χ4n) is 12.7. The zero-order valence-electron chi connectivity index (χ0n) is 41.7. The van der Waals surface area contributed by atoms with Crippen LogP contribution in [0, 0.1) is 29.1 Å². The predicted molar refractivity (Wildman–Crippen MR) is 273 cm³/mol. The summed E-state index contributed by atoms with van der Waals surface area (Å²) in [6.07, 6.45) is 13.5. The highest BCUT2D eigenvalue weighted by Crippen LogP contribution is 2.60. The number of carbonyl (C=O) groups is 3. The number of aromatic nitrogens is 2. The summed E-state index contributed by atoms with van der Waals surface area (Å²) in [6.45, 7) is 15.7. The minimum absolute atomic E-state index is 0.0233. The smallest absolute Gasteiger partial charge is 0.246 e. The maximum absolute atomic E-state index is 14.2. The first kappa shape index (κ1) is 50.0. The Morgan fingerprint density at radius 2 is 1.54 bits per heavy atom. The van der Waals surface area contributed by atoms with Crippen LogP contribution in [0.2, 0.25) is 5.02 Å². The van der Waals surface area contributed by atoms with Gasteiger partial charge in [-0.2, -0.15) is 0 Å². The van der Waals surface area contributed by atoms with E-state index < -0.39 is 23.6 Å². The Kier molecular flexibility index (Phi) is 14.7. The van der Waals surface area contributed by atoms with E-state index in [1.807, 2.05) is 46.0 Å². The van der Waals surface area contributed by atoms with Crippen LogP contribution in [-0.2, 0) is 20.9 Å². The number of phenolic OH excluding ortho intramolecular Hbond substituents is 1. The van der Waals surface area contributed by atoms with Crippen LogP contribution >= 0.6 is 11.6 Å². The zero-order chi connectivity index (χ0) is 49.5. The van der Waals surface area contributed by atoms with Crippen molar-refractivity contribution in [2.75, 3.05) is 69.6 Å². The number of para-hydroxylation sites is 1. The Morgan fingerprint density at radius 1 is 0.871 bits per heavy atom. The van der Waals surface area contributed by atoms with Crippen LogP contribution in [0.1, 0.15) is 96.6 Å².